The third-order valence-electron chi connectivity index (χ3n) is 2.32. The van der Waals surface area contributed by atoms with Crippen LogP contribution >= 0.6 is 0 Å². The molecule has 0 bridgehead atoms. The summed E-state index contributed by atoms with van der Waals surface area (Å²) in [7, 11) is 1.85. The Kier molecular flexibility index (Phi) is 2.51. The van der Waals surface area contributed by atoms with Gasteiger partial charge in [0.1, 0.15) is 5.82 Å². The molecular formula is C11H13N3O. The molecule has 0 aromatic carbocycles. The van der Waals surface area contributed by atoms with Crippen LogP contribution in [0.3, 0.4) is 0 Å². The Hall–Kier alpha value is -1.68. The molecule has 2 aromatic heterocycles. The van der Waals surface area contributed by atoms with Gasteiger partial charge in [-0.3, -0.25) is 4.98 Å². The summed E-state index contributed by atoms with van der Waals surface area (Å²) in [4.78, 5) is 8.26. The highest BCUT2D eigenvalue weighted by atomic mass is 16.3. The van der Waals surface area contributed by atoms with E-state index in [1.165, 1.54) is 0 Å². The lowest BCUT2D eigenvalue weighted by Crippen LogP contribution is -2.08. The van der Waals surface area contributed by atoms with E-state index in [1.807, 2.05) is 26.1 Å². The first kappa shape index (κ1) is 9.86. The lowest BCUT2D eigenvalue weighted by atomic mass is 10.2. The van der Waals surface area contributed by atoms with E-state index in [9.17, 15) is 5.11 Å². The van der Waals surface area contributed by atoms with Crippen LogP contribution in [0.25, 0.3) is 0 Å². The highest BCUT2D eigenvalue weighted by Gasteiger charge is 2.15. The second-order valence-corrected chi connectivity index (χ2v) is 3.56. The van der Waals surface area contributed by atoms with Crippen molar-refractivity contribution >= 4 is 0 Å². The molecule has 1 unspecified atom stereocenters. The predicted molar refractivity (Wildman–Crippen MR) is 56.2 cm³/mol. The molecule has 2 aromatic rings. The highest BCUT2D eigenvalue weighted by molar-refractivity contribution is 5.18. The van der Waals surface area contributed by atoms with Crippen LogP contribution in [-0.4, -0.2) is 19.6 Å². The molecule has 2 heterocycles. The molecule has 0 amide bonds. The van der Waals surface area contributed by atoms with E-state index in [0.29, 0.717) is 11.5 Å². The van der Waals surface area contributed by atoms with E-state index < -0.39 is 6.10 Å². The van der Waals surface area contributed by atoms with Gasteiger partial charge >= 0.3 is 0 Å². The van der Waals surface area contributed by atoms with Gasteiger partial charge in [-0.25, -0.2) is 4.98 Å². The van der Waals surface area contributed by atoms with Crippen LogP contribution in [0.15, 0.2) is 30.7 Å². The first-order chi connectivity index (χ1) is 7.18. The van der Waals surface area contributed by atoms with Crippen LogP contribution in [0.1, 0.15) is 23.2 Å². The SMILES string of the molecule is Cc1ccc(C(O)c2nccn2C)nc1. The molecule has 2 rings (SSSR count). The van der Waals surface area contributed by atoms with Crippen LogP contribution in [0.2, 0.25) is 0 Å². The molecule has 1 atom stereocenters. The number of hydrogen-bond acceptors (Lipinski definition) is 3. The Bertz CT molecular complexity index is 447. The molecule has 1 N–H and O–H groups in total. The molecule has 78 valence electrons. The minimum Gasteiger partial charge on any atom is -0.379 e. The summed E-state index contributed by atoms with van der Waals surface area (Å²) in [6, 6.07) is 3.74. The molecular weight excluding hydrogens is 190 g/mol. The number of rotatable bonds is 2. The molecule has 0 fully saturated rings. The maximum Gasteiger partial charge on any atom is 0.153 e. The van der Waals surface area contributed by atoms with Gasteiger partial charge in [-0.2, -0.15) is 0 Å². The first-order valence-corrected chi connectivity index (χ1v) is 4.76. The summed E-state index contributed by atoms with van der Waals surface area (Å²) in [5.41, 5.74) is 1.70. The van der Waals surface area contributed by atoms with Crippen LogP contribution in [0.5, 0.6) is 0 Å². The van der Waals surface area contributed by atoms with Gasteiger partial charge in [-0.1, -0.05) is 6.07 Å². The Morgan fingerprint density at radius 2 is 2.13 bits per heavy atom. The van der Waals surface area contributed by atoms with Crippen molar-refractivity contribution in [1.82, 2.24) is 14.5 Å². The van der Waals surface area contributed by atoms with Crippen LogP contribution < -0.4 is 0 Å². The van der Waals surface area contributed by atoms with Crippen molar-refractivity contribution in [1.29, 1.82) is 0 Å². The van der Waals surface area contributed by atoms with Gasteiger partial charge in [-0.05, 0) is 18.6 Å². The van der Waals surface area contributed by atoms with Gasteiger partial charge in [0.05, 0.1) is 5.69 Å². The fourth-order valence-electron chi connectivity index (χ4n) is 1.41. The lowest BCUT2D eigenvalue weighted by Gasteiger charge is -2.09. The summed E-state index contributed by atoms with van der Waals surface area (Å²) in [5, 5.41) is 10.0. The number of aryl methyl sites for hydroxylation is 2. The highest BCUT2D eigenvalue weighted by Crippen LogP contribution is 2.17. The number of aliphatic hydroxyl groups excluding tert-OH is 1. The van der Waals surface area contributed by atoms with E-state index in [2.05, 4.69) is 9.97 Å². The van der Waals surface area contributed by atoms with Crippen molar-refractivity contribution in [3.8, 4) is 0 Å². The number of nitrogens with zero attached hydrogens (tertiary/aromatic N) is 3. The second kappa shape index (κ2) is 3.82. The number of pyridine rings is 1. The minimum absolute atomic E-state index is 0.603. The predicted octanol–water partition coefficient (Wildman–Crippen LogP) is 1.21. The van der Waals surface area contributed by atoms with Gasteiger partial charge in [0.25, 0.3) is 0 Å². The van der Waals surface area contributed by atoms with Crippen LogP contribution in [0.4, 0.5) is 0 Å². The number of hydrogen-bond donors (Lipinski definition) is 1. The Labute approximate surface area is 88.2 Å². The maximum absolute atomic E-state index is 10.0. The summed E-state index contributed by atoms with van der Waals surface area (Å²) >= 11 is 0. The van der Waals surface area contributed by atoms with Gasteiger partial charge in [-0.15, -0.1) is 0 Å². The van der Waals surface area contributed by atoms with E-state index in [0.717, 1.165) is 5.56 Å². The lowest BCUT2D eigenvalue weighted by molar-refractivity contribution is 0.201. The molecule has 0 spiro atoms. The monoisotopic (exact) mass is 203 g/mol. The van der Waals surface area contributed by atoms with Crippen molar-refractivity contribution in [2.24, 2.45) is 7.05 Å². The van der Waals surface area contributed by atoms with Crippen LogP contribution in [-0.2, 0) is 7.05 Å². The molecule has 4 heteroatoms. The van der Waals surface area contributed by atoms with E-state index in [1.54, 1.807) is 23.2 Å². The zero-order valence-corrected chi connectivity index (χ0v) is 8.75. The third-order valence-corrected chi connectivity index (χ3v) is 2.32. The molecule has 0 saturated carbocycles. The fourth-order valence-corrected chi connectivity index (χ4v) is 1.41. The zero-order chi connectivity index (χ0) is 10.8. The van der Waals surface area contributed by atoms with Gasteiger partial charge in [0.2, 0.25) is 0 Å². The summed E-state index contributed by atoms with van der Waals surface area (Å²) in [6.45, 7) is 1.96. The zero-order valence-electron chi connectivity index (χ0n) is 8.75. The normalized spacial score (nSPS) is 12.7. The minimum atomic E-state index is -0.759. The Morgan fingerprint density at radius 1 is 1.33 bits per heavy atom. The molecule has 0 radical (unpaired) electrons. The standard InChI is InChI=1S/C11H13N3O/c1-8-3-4-9(13-7-8)10(15)11-12-5-6-14(11)2/h3-7,10,15H,1-2H3. The smallest absolute Gasteiger partial charge is 0.153 e. The maximum atomic E-state index is 10.0. The Balaban J connectivity index is 2.32. The van der Waals surface area contributed by atoms with Gasteiger partial charge in [0.15, 0.2) is 6.10 Å². The molecule has 0 aliphatic carbocycles. The van der Waals surface area contributed by atoms with Gasteiger partial charge in [0, 0.05) is 25.6 Å². The largest absolute Gasteiger partial charge is 0.379 e. The van der Waals surface area contributed by atoms with Crippen molar-refractivity contribution in [3.05, 3.63) is 47.8 Å². The summed E-state index contributed by atoms with van der Waals surface area (Å²) < 4.78 is 1.78. The van der Waals surface area contributed by atoms with E-state index in [4.69, 9.17) is 0 Å². The van der Waals surface area contributed by atoms with E-state index in [-0.39, 0.29) is 0 Å². The molecule has 0 aliphatic rings. The molecule has 0 aliphatic heterocycles. The first-order valence-electron chi connectivity index (χ1n) is 4.76. The van der Waals surface area contributed by atoms with Crippen molar-refractivity contribution in [3.63, 3.8) is 0 Å². The van der Waals surface area contributed by atoms with Crippen LogP contribution in [0, 0.1) is 6.92 Å². The number of imidazole rings is 1. The number of aliphatic hydroxyl groups is 1. The summed E-state index contributed by atoms with van der Waals surface area (Å²) in [5.74, 6) is 0.603. The van der Waals surface area contributed by atoms with Crippen molar-refractivity contribution in [2.45, 2.75) is 13.0 Å². The Morgan fingerprint density at radius 3 is 2.67 bits per heavy atom. The molecule has 15 heavy (non-hydrogen) atoms. The average molecular weight is 203 g/mol. The molecule has 4 nitrogen and oxygen atoms in total. The van der Waals surface area contributed by atoms with Crippen molar-refractivity contribution in [2.75, 3.05) is 0 Å². The molecule has 0 saturated heterocycles. The van der Waals surface area contributed by atoms with Gasteiger partial charge < -0.3 is 9.67 Å². The van der Waals surface area contributed by atoms with E-state index >= 15 is 0 Å². The third kappa shape index (κ3) is 1.89. The average Bonchev–Trinajstić information content (AvgIpc) is 2.65. The van der Waals surface area contributed by atoms with Crippen molar-refractivity contribution < 1.29 is 5.11 Å². The topological polar surface area (TPSA) is 50.9 Å². The number of aromatic nitrogens is 3. The summed E-state index contributed by atoms with van der Waals surface area (Å²) in [6.07, 6.45) is 4.44. The fraction of sp³-hybridized carbons (Fsp3) is 0.273. The second-order valence-electron chi connectivity index (χ2n) is 3.56. The quantitative estimate of drug-likeness (QED) is 0.798.